The van der Waals surface area contributed by atoms with Gasteiger partial charge in [-0.05, 0) is 80.6 Å². The summed E-state index contributed by atoms with van der Waals surface area (Å²) in [5.41, 5.74) is 5.36. The first-order valence-corrected chi connectivity index (χ1v) is 11.9. The largest absolute Gasteiger partial charge is 0.496 e. The van der Waals surface area contributed by atoms with Gasteiger partial charge in [0.05, 0.1) is 19.2 Å². The lowest BCUT2D eigenvalue weighted by Gasteiger charge is -2.25. The molecular formula is C27H34N2O3. The average Bonchev–Trinajstić information content (AvgIpc) is 3.14. The molecule has 0 saturated heterocycles. The minimum Gasteiger partial charge on any atom is -0.496 e. The van der Waals surface area contributed by atoms with Crippen LogP contribution in [-0.4, -0.2) is 50.4 Å². The van der Waals surface area contributed by atoms with Gasteiger partial charge < -0.3 is 14.5 Å². The molecule has 2 aromatic carbocycles. The summed E-state index contributed by atoms with van der Waals surface area (Å²) in [7, 11) is 3.87. The van der Waals surface area contributed by atoms with Crippen molar-refractivity contribution in [2.45, 2.75) is 51.4 Å². The second-order valence-electron chi connectivity index (χ2n) is 9.07. The van der Waals surface area contributed by atoms with Gasteiger partial charge in [-0.2, -0.15) is 0 Å². The molecule has 2 aromatic rings. The van der Waals surface area contributed by atoms with E-state index in [1.165, 1.54) is 11.1 Å². The number of Topliss-reactive ketones (excluding diaryl/α,β-unsaturated/α-hetero) is 1. The smallest absolute Gasteiger partial charge is 0.231 e. The minimum atomic E-state index is 0.181. The fourth-order valence-electron chi connectivity index (χ4n) is 4.96. The molecule has 0 bridgehead atoms. The number of amides is 1. The molecule has 5 nitrogen and oxygen atoms in total. The van der Waals surface area contributed by atoms with Gasteiger partial charge in [0.15, 0.2) is 5.78 Å². The normalized spacial score (nSPS) is 14.7. The monoisotopic (exact) mass is 434 g/mol. The molecule has 2 heterocycles. The molecule has 0 aromatic heterocycles. The fraction of sp³-hybridized carbons (Fsp3) is 0.481. The molecule has 0 radical (unpaired) electrons. The molecule has 0 fully saturated rings. The maximum absolute atomic E-state index is 12.8. The van der Waals surface area contributed by atoms with E-state index in [1.807, 2.05) is 29.2 Å². The van der Waals surface area contributed by atoms with Crippen LogP contribution in [0.1, 0.15) is 59.2 Å². The first-order chi connectivity index (χ1) is 15.6. The van der Waals surface area contributed by atoms with Gasteiger partial charge in [0.1, 0.15) is 5.75 Å². The van der Waals surface area contributed by atoms with Gasteiger partial charge in [0, 0.05) is 25.1 Å². The first-order valence-electron chi connectivity index (χ1n) is 11.9. The predicted molar refractivity (Wildman–Crippen MR) is 128 cm³/mol. The number of ketones is 1. The number of likely N-dealkylation sites (N-methyl/N-ethyl adjacent to an activating group) is 1. The topological polar surface area (TPSA) is 49.9 Å². The third kappa shape index (κ3) is 5.04. The lowest BCUT2D eigenvalue weighted by molar-refractivity contribution is -0.117. The molecule has 170 valence electrons. The van der Waals surface area contributed by atoms with Crippen LogP contribution >= 0.6 is 0 Å². The van der Waals surface area contributed by atoms with Crippen molar-refractivity contribution in [1.82, 2.24) is 4.90 Å². The Hall–Kier alpha value is -2.66. The van der Waals surface area contributed by atoms with E-state index in [1.54, 1.807) is 7.11 Å². The highest BCUT2D eigenvalue weighted by Crippen LogP contribution is 2.37. The number of anilines is 1. The molecule has 0 N–H and O–H groups in total. The van der Waals surface area contributed by atoms with Gasteiger partial charge in [-0.1, -0.05) is 24.6 Å². The number of carbonyl (C=O) groups is 2. The molecule has 5 heteroatoms. The van der Waals surface area contributed by atoms with Crippen molar-refractivity contribution >= 4 is 17.4 Å². The summed E-state index contributed by atoms with van der Waals surface area (Å²) in [6.45, 7) is 2.84. The molecule has 4 rings (SSSR count). The van der Waals surface area contributed by atoms with Crippen molar-refractivity contribution in [3.8, 4) is 5.75 Å². The molecule has 32 heavy (non-hydrogen) atoms. The summed E-state index contributed by atoms with van der Waals surface area (Å²) >= 11 is 0. The van der Waals surface area contributed by atoms with E-state index in [0.717, 1.165) is 80.7 Å². The van der Waals surface area contributed by atoms with Crippen LogP contribution in [0.2, 0.25) is 0 Å². The number of carbonyl (C=O) groups excluding carboxylic acids is 2. The summed E-state index contributed by atoms with van der Waals surface area (Å²) in [6, 6.07) is 12.2. The molecule has 0 unspecified atom stereocenters. The summed E-state index contributed by atoms with van der Waals surface area (Å²) in [6.07, 6.45) is 7.01. The summed E-state index contributed by atoms with van der Waals surface area (Å²) in [4.78, 5) is 29.3. The lowest BCUT2D eigenvalue weighted by Crippen LogP contribution is -2.31. The quantitative estimate of drug-likeness (QED) is 0.387. The number of hydrogen-bond donors (Lipinski definition) is 0. The van der Waals surface area contributed by atoms with Gasteiger partial charge in [0.25, 0.3) is 0 Å². The first kappa shape index (κ1) is 22.5. The van der Waals surface area contributed by atoms with Crippen molar-refractivity contribution in [1.29, 1.82) is 0 Å². The molecule has 0 saturated carbocycles. The van der Waals surface area contributed by atoms with E-state index in [2.05, 4.69) is 24.1 Å². The van der Waals surface area contributed by atoms with Crippen LogP contribution in [0.3, 0.4) is 0 Å². The second-order valence-corrected chi connectivity index (χ2v) is 9.07. The van der Waals surface area contributed by atoms with Crippen molar-refractivity contribution in [2.24, 2.45) is 0 Å². The number of para-hydroxylation sites is 1. The van der Waals surface area contributed by atoms with Gasteiger partial charge in [-0.15, -0.1) is 0 Å². The second kappa shape index (κ2) is 10.3. The number of aryl methyl sites for hydroxylation is 1. The van der Waals surface area contributed by atoms with Crippen LogP contribution in [0.5, 0.6) is 5.75 Å². The van der Waals surface area contributed by atoms with Crippen molar-refractivity contribution in [3.05, 3.63) is 58.7 Å². The Bertz CT molecular complexity index is 985. The van der Waals surface area contributed by atoms with Crippen molar-refractivity contribution in [2.75, 3.05) is 38.7 Å². The maximum atomic E-state index is 12.8. The van der Waals surface area contributed by atoms with Crippen LogP contribution in [0.25, 0.3) is 0 Å². The van der Waals surface area contributed by atoms with E-state index < -0.39 is 0 Å². The highest BCUT2D eigenvalue weighted by Gasteiger charge is 2.32. The van der Waals surface area contributed by atoms with Crippen molar-refractivity contribution < 1.29 is 14.3 Å². The van der Waals surface area contributed by atoms with E-state index in [-0.39, 0.29) is 11.7 Å². The van der Waals surface area contributed by atoms with Crippen LogP contribution in [-0.2, 0) is 24.1 Å². The lowest BCUT2D eigenvalue weighted by atomic mass is 9.94. The number of rotatable bonds is 11. The Morgan fingerprint density at radius 3 is 2.75 bits per heavy atom. The SMILES string of the molecule is COc1ccccc1CCN(C)CCCCCC(=O)c1cc2c3c(c1)CC(=O)N3CCC2. The molecule has 1 amide bonds. The Labute approximate surface area is 191 Å². The highest BCUT2D eigenvalue weighted by atomic mass is 16.5. The Balaban J connectivity index is 1.19. The predicted octanol–water partition coefficient (Wildman–Crippen LogP) is 4.45. The number of nitrogens with zero attached hydrogens (tertiary/aromatic N) is 2. The van der Waals surface area contributed by atoms with E-state index in [4.69, 9.17) is 4.74 Å². The Morgan fingerprint density at radius 2 is 1.91 bits per heavy atom. The van der Waals surface area contributed by atoms with Gasteiger partial charge in [-0.25, -0.2) is 0 Å². The van der Waals surface area contributed by atoms with Crippen LogP contribution in [0, 0.1) is 0 Å². The van der Waals surface area contributed by atoms with Gasteiger partial charge >= 0.3 is 0 Å². The summed E-state index contributed by atoms with van der Waals surface area (Å²) in [5.74, 6) is 1.35. The van der Waals surface area contributed by atoms with E-state index >= 15 is 0 Å². The van der Waals surface area contributed by atoms with E-state index in [0.29, 0.717) is 12.8 Å². The minimum absolute atomic E-state index is 0.181. The van der Waals surface area contributed by atoms with Crippen LogP contribution in [0.15, 0.2) is 36.4 Å². The Kier molecular flexibility index (Phi) is 7.26. The zero-order valence-electron chi connectivity index (χ0n) is 19.4. The van der Waals surface area contributed by atoms with Crippen LogP contribution in [0.4, 0.5) is 5.69 Å². The molecule has 0 spiro atoms. The molecule has 2 aliphatic rings. The molecule has 0 aliphatic carbocycles. The zero-order chi connectivity index (χ0) is 22.5. The molecule has 0 atom stereocenters. The third-order valence-electron chi connectivity index (χ3n) is 6.73. The van der Waals surface area contributed by atoms with Gasteiger partial charge in [-0.3, -0.25) is 9.59 Å². The number of methoxy groups -OCH3 is 1. The Morgan fingerprint density at radius 1 is 1.09 bits per heavy atom. The standard InChI is InChI=1S/C27H34N2O3/c1-28(16-13-20-9-5-6-12-25(20)32-2)14-7-3-4-11-24(30)22-17-21-10-8-15-29-26(31)19-23(18-22)27(21)29/h5-6,9,12,17-18H,3-4,7-8,10-11,13-16,19H2,1-2H3. The van der Waals surface area contributed by atoms with E-state index in [9.17, 15) is 9.59 Å². The van der Waals surface area contributed by atoms with Crippen LogP contribution < -0.4 is 9.64 Å². The highest BCUT2D eigenvalue weighted by molar-refractivity contribution is 6.05. The number of hydrogen-bond acceptors (Lipinski definition) is 4. The maximum Gasteiger partial charge on any atom is 0.231 e. The molecular weight excluding hydrogens is 400 g/mol. The van der Waals surface area contributed by atoms with Gasteiger partial charge in [0.2, 0.25) is 5.91 Å². The number of benzene rings is 2. The van der Waals surface area contributed by atoms with Crippen molar-refractivity contribution in [3.63, 3.8) is 0 Å². The number of unbranched alkanes of at least 4 members (excludes halogenated alkanes) is 2. The fourth-order valence-corrected chi connectivity index (χ4v) is 4.96. The number of ether oxygens (including phenoxy) is 1. The third-order valence-corrected chi connectivity index (χ3v) is 6.73. The molecule has 2 aliphatic heterocycles. The summed E-state index contributed by atoms with van der Waals surface area (Å²) < 4.78 is 5.43. The summed E-state index contributed by atoms with van der Waals surface area (Å²) in [5, 5.41) is 0. The zero-order valence-corrected chi connectivity index (χ0v) is 19.4. The average molecular weight is 435 g/mol.